The van der Waals surface area contributed by atoms with Gasteiger partial charge in [-0.05, 0) is 36.8 Å². The summed E-state index contributed by atoms with van der Waals surface area (Å²) < 4.78 is 6.19. The molecule has 5 nitrogen and oxygen atoms in total. The Hall–Kier alpha value is -2.27. The summed E-state index contributed by atoms with van der Waals surface area (Å²) in [6.07, 6.45) is 0. The molecule has 0 radical (unpaired) electrons. The topological polar surface area (TPSA) is 54.6 Å². The van der Waals surface area contributed by atoms with E-state index in [-0.39, 0.29) is 12.4 Å². The molecule has 0 aliphatic carbocycles. The molecule has 0 saturated carbocycles. The van der Waals surface area contributed by atoms with Gasteiger partial charge in [-0.15, -0.1) is 0 Å². The molecule has 22 heavy (non-hydrogen) atoms. The van der Waals surface area contributed by atoms with E-state index in [1.807, 2.05) is 31.2 Å². The highest BCUT2D eigenvalue weighted by atomic mass is 35.5. The van der Waals surface area contributed by atoms with Crippen LogP contribution in [-0.2, 0) is 11.4 Å². The normalized spacial score (nSPS) is 11.8. The predicted molar refractivity (Wildman–Crippen MR) is 84.3 cm³/mol. The van der Waals surface area contributed by atoms with Crippen molar-refractivity contribution in [2.45, 2.75) is 20.5 Å². The zero-order valence-corrected chi connectivity index (χ0v) is 13.5. The summed E-state index contributed by atoms with van der Waals surface area (Å²) in [6, 6.07) is 10.8. The molecular weight excluding hydrogens is 304 g/mol. The molecule has 1 N–H and O–H groups in total. The maximum Gasteiger partial charge on any atom is 0.319 e. The Bertz CT molecular complexity index is 684. The minimum atomic E-state index is 0.0572. The highest BCUT2D eigenvalue weighted by molar-refractivity contribution is 6.10. The number of hydrogen-bond donors (Lipinski definition) is 1. The van der Waals surface area contributed by atoms with Crippen LogP contribution >= 0.6 is 11.8 Å². The van der Waals surface area contributed by atoms with Crippen LogP contribution in [0.5, 0.6) is 11.5 Å². The molecule has 1 aromatic carbocycles. The molecule has 0 saturated heterocycles. The Morgan fingerprint density at radius 1 is 1.23 bits per heavy atom. The van der Waals surface area contributed by atoms with Gasteiger partial charge in [0.2, 0.25) is 0 Å². The van der Waals surface area contributed by atoms with E-state index in [1.54, 1.807) is 26.2 Å². The van der Waals surface area contributed by atoms with Crippen molar-refractivity contribution in [1.82, 2.24) is 4.98 Å². The molecule has 116 valence electrons. The number of halogens is 1. The standard InChI is InChI=1S/C16H17ClN2O3/c1-11-4-9-15(20)16(18-11)12(2)19(17)22-10-13-5-7-14(21-3)8-6-13/h4-9H,10H2,1-3H3/p+1. The summed E-state index contributed by atoms with van der Waals surface area (Å²) in [5.41, 5.74) is 2.63. The molecule has 1 aromatic heterocycles. The van der Waals surface area contributed by atoms with Crippen LogP contribution in [0, 0.1) is 6.92 Å². The van der Waals surface area contributed by atoms with Crippen LogP contribution in [0.1, 0.15) is 23.9 Å². The van der Waals surface area contributed by atoms with Gasteiger partial charge in [0, 0.05) is 12.6 Å². The molecule has 2 rings (SSSR count). The SMILES string of the molecule is COc1ccc(CO[N+](Cl)=C(C)c2nc(C)ccc2O)cc1. The summed E-state index contributed by atoms with van der Waals surface area (Å²) >= 11 is 6.10. The van der Waals surface area contributed by atoms with Crippen LogP contribution in [0.25, 0.3) is 0 Å². The smallest absolute Gasteiger partial charge is 0.319 e. The second-order valence-corrected chi connectivity index (χ2v) is 5.08. The maximum atomic E-state index is 9.86. The minimum Gasteiger partial charge on any atom is -0.505 e. The molecule has 0 aliphatic heterocycles. The van der Waals surface area contributed by atoms with Crippen molar-refractivity contribution in [3.63, 3.8) is 0 Å². The molecular formula is C16H18ClN2O3+. The van der Waals surface area contributed by atoms with Crippen molar-refractivity contribution in [2.24, 2.45) is 0 Å². The van der Waals surface area contributed by atoms with E-state index >= 15 is 0 Å². The van der Waals surface area contributed by atoms with Gasteiger partial charge in [0.25, 0.3) is 5.71 Å². The van der Waals surface area contributed by atoms with E-state index in [0.717, 1.165) is 21.3 Å². The molecule has 0 atom stereocenters. The number of nitrogens with zero attached hydrogens (tertiary/aromatic N) is 2. The first-order valence-electron chi connectivity index (χ1n) is 6.73. The Labute approximate surface area is 134 Å². The lowest BCUT2D eigenvalue weighted by Gasteiger charge is -2.03. The van der Waals surface area contributed by atoms with E-state index < -0.39 is 0 Å². The Kier molecular flexibility index (Phi) is 5.22. The first kappa shape index (κ1) is 16.1. The highest BCUT2D eigenvalue weighted by Crippen LogP contribution is 2.17. The molecule has 0 unspecified atom stereocenters. The number of aryl methyl sites for hydroxylation is 1. The zero-order chi connectivity index (χ0) is 16.1. The minimum absolute atomic E-state index is 0.0572. The van der Waals surface area contributed by atoms with Gasteiger partial charge in [0.05, 0.1) is 11.4 Å². The molecule has 0 bridgehead atoms. The third-order valence-electron chi connectivity index (χ3n) is 3.12. The molecule has 2 aromatic rings. The van der Waals surface area contributed by atoms with E-state index in [9.17, 15) is 5.11 Å². The van der Waals surface area contributed by atoms with Crippen LogP contribution in [0.3, 0.4) is 0 Å². The zero-order valence-electron chi connectivity index (χ0n) is 12.7. The van der Waals surface area contributed by atoms with Gasteiger partial charge in [0.15, 0.2) is 12.3 Å². The summed E-state index contributed by atoms with van der Waals surface area (Å²) in [5, 5.41) is 9.86. The molecule has 0 spiro atoms. The van der Waals surface area contributed by atoms with E-state index in [1.165, 1.54) is 0 Å². The van der Waals surface area contributed by atoms with Crippen molar-refractivity contribution >= 4 is 17.5 Å². The monoisotopic (exact) mass is 321 g/mol. The molecule has 1 heterocycles. The fourth-order valence-electron chi connectivity index (χ4n) is 1.85. The Morgan fingerprint density at radius 3 is 2.55 bits per heavy atom. The molecule has 0 fully saturated rings. The number of aromatic nitrogens is 1. The largest absolute Gasteiger partial charge is 0.505 e. The number of ether oxygens (including phenoxy) is 1. The van der Waals surface area contributed by atoms with Crippen LogP contribution in [-0.4, -0.2) is 27.2 Å². The predicted octanol–water partition coefficient (Wildman–Crippen LogP) is 3.21. The van der Waals surface area contributed by atoms with Crippen molar-refractivity contribution in [3.8, 4) is 11.5 Å². The number of pyridine rings is 1. The fourth-order valence-corrected chi connectivity index (χ4v) is 1.98. The van der Waals surface area contributed by atoms with Gasteiger partial charge in [0.1, 0.15) is 11.5 Å². The third kappa shape index (κ3) is 3.89. The second-order valence-electron chi connectivity index (χ2n) is 4.77. The quantitative estimate of drug-likeness (QED) is 0.522. The van der Waals surface area contributed by atoms with Gasteiger partial charge < -0.3 is 9.84 Å². The van der Waals surface area contributed by atoms with Crippen molar-refractivity contribution < 1.29 is 18.9 Å². The van der Waals surface area contributed by atoms with Gasteiger partial charge >= 0.3 is 11.8 Å². The van der Waals surface area contributed by atoms with Gasteiger partial charge in [-0.2, -0.15) is 0 Å². The summed E-state index contributed by atoms with van der Waals surface area (Å²) in [7, 11) is 1.62. The lowest BCUT2D eigenvalue weighted by Crippen LogP contribution is -2.14. The molecule has 6 heteroatoms. The highest BCUT2D eigenvalue weighted by Gasteiger charge is 2.19. The van der Waals surface area contributed by atoms with Gasteiger partial charge in [-0.25, -0.2) is 4.98 Å². The summed E-state index contributed by atoms with van der Waals surface area (Å²) in [5.74, 6) is 0.838. The van der Waals surface area contributed by atoms with E-state index in [2.05, 4.69) is 4.98 Å². The molecule has 0 amide bonds. The van der Waals surface area contributed by atoms with Crippen LogP contribution in [0.4, 0.5) is 0 Å². The lowest BCUT2D eigenvalue weighted by atomic mass is 10.2. The average Bonchev–Trinajstić information content (AvgIpc) is 2.54. The number of rotatable bonds is 5. The first-order valence-corrected chi connectivity index (χ1v) is 7.07. The third-order valence-corrected chi connectivity index (χ3v) is 3.47. The van der Waals surface area contributed by atoms with Crippen LogP contribution in [0.2, 0.25) is 0 Å². The van der Waals surface area contributed by atoms with E-state index in [0.29, 0.717) is 11.4 Å². The van der Waals surface area contributed by atoms with Crippen molar-refractivity contribution in [3.05, 3.63) is 53.3 Å². The number of hydrogen-bond acceptors (Lipinski definition) is 4. The van der Waals surface area contributed by atoms with Crippen molar-refractivity contribution in [1.29, 1.82) is 0 Å². The van der Waals surface area contributed by atoms with E-state index in [4.69, 9.17) is 21.4 Å². The number of methoxy groups -OCH3 is 1. The van der Waals surface area contributed by atoms with Crippen LogP contribution in [0.15, 0.2) is 36.4 Å². The number of benzene rings is 1. The van der Waals surface area contributed by atoms with Crippen LogP contribution < -0.4 is 4.74 Å². The summed E-state index contributed by atoms with van der Waals surface area (Å²) in [4.78, 5) is 9.74. The Morgan fingerprint density at radius 2 is 1.91 bits per heavy atom. The first-order chi connectivity index (χ1) is 10.5. The van der Waals surface area contributed by atoms with Gasteiger partial charge in [-0.3, -0.25) is 4.84 Å². The van der Waals surface area contributed by atoms with Gasteiger partial charge in [-0.1, -0.05) is 12.1 Å². The molecule has 0 aliphatic rings. The summed E-state index contributed by atoms with van der Waals surface area (Å²) in [6.45, 7) is 3.85. The fraction of sp³-hybridized carbons (Fsp3) is 0.250. The lowest BCUT2D eigenvalue weighted by molar-refractivity contribution is -0.688. The van der Waals surface area contributed by atoms with Crippen molar-refractivity contribution in [2.75, 3.05) is 7.11 Å². The maximum absolute atomic E-state index is 9.86. The average molecular weight is 322 g/mol. The number of aromatic hydroxyl groups is 1. The second kappa shape index (κ2) is 7.13. The Balaban J connectivity index is 2.11.